The normalized spacial score (nSPS) is 11.5. The molecule has 0 amide bonds. The minimum Gasteiger partial charge on any atom is -0.508 e. The minimum atomic E-state index is 0.252. The van der Waals surface area contributed by atoms with E-state index in [4.69, 9.17) is 11.5 Å². The third-order valence-corrected chi connectivity index (χ3v) is 1.60. The van der Waals surface area contributed by atoms with Gasteiger partial charge in [0.2, 0.25) is 0 Å². The molecule has 3 heteroatoms. The lowest BCUT2D eigenvalue weighted by Gasteiger charge is -2.02. The molecule has 0 aliphatic heterocycles. The van der Waals surface area contributed by atoms with Crippen molar-refractivity contribution in [2.75, 3.05) is 0 Å². The number of hydrogen-bond donors (Lipinski definition) is 3. The van der Waals surface area contributed by atoms with Gasteiger partial charge in [-0.3, -0.25) is 0 Å². The molecular weight excluding hydrogens is 152 g/mol. The Kier molecular flexibility index (Phi) is 2.58. The highest BCUT2D eigenvalue weighted by atomic mass is 16.3. The maximum atomic E-state index is 9.33. The standard InChI is InChI=1S/C9H12N2O/c10-6-8(11)5-7-3-1-2-4-9(7)12/h1-4,6,12H,5,10-11H2. The van der Waals surface area contributed by atoms with Gasteiger partial charge >= 0.3 is 0 Å². The first kappa shape index (κ1) is 8.46. The molecule has 0 aliphatic rings. The minimum absolute atomic E-state index is 0.252. The van der Waals surface area contributed by atoms with E-state index in [1.165, 1.54) is 6.20 Å². The predicted octanol–water partition coefficient (Wildman–Crippen LogP) is 0.693. The van der Waals surface area contributed by atoms with Crippen LogP contribution in [0.2, 0.25) is 0 Å². The molecule has 0 fully saturated rings. The van der Waals surface area contributed by atoms with E-state index in [0.29, 0.717) is 12.1 Å². The zero-order valence-electron chi connectivity index (χ0n) is 6.70. The Balaban J connectivity index is 2.82. The van der Waals surface area contributed by atoms with E-state index in [1.807, 2.05) is 12.1 Å². The molecule has 5 N–H and O–H groups in total. The van der Waals surface area contributed by atoms with E-state index < -0.39 is 0 Å². The molecule has 0 aromatic heterocycles. The number of phenolic OH excluding ortho intramolecular Hbond substituents is 1. The third kappa shape index (κ3) is 1.92. The van der Waals surface area contributed by atoms with Gasteiger partial charge in [0.1, 0.15) is 5.75 Å². The smallest absolute Gasteiger partial charge is 0.119 e. The van der Waals surface area contributed by atoms with E-state index in [0.717, 1.165) is 5.56 Å². The van der Waals surface area contributed by atoms with E-state index in [9.17, 15) is 5.11 Å². The first-order valence-electron chi connectivity index (χ1n) is 3.67. The highest BCUT2D eigenvalue weighted by Crippen LogP contribution is 2.17. The summed E-state index contributed by atoms with van der Waals surface area (Å²) >= 11 is 0. The van der Waals surface area contributed by atoms with Crippen molar-refractivity contribution in [2.24, 2.45) is 11.5 Å². The Labute approximate surface area is 71.3 Å². The molecule has 12 heavy (non-hydrogen) atoms. The maximum absolute atomic E-state index is 9.33. The lowest BCUT2D eigenvalue weighted by Crippen LogP contribution is -2.04. The van der Waals surface area contributed by atoms with E-state index in [2.05, 4.69) is 0 Å². The fourth-order valence-electron chi connectivity index (χ4n) is 0.939. The summed E-state index contributed by atoms with van der Waals surface area (Å²) in [5.74, 6) is 0.252. The van der Waals surface area contributed by atoms with Crippen LogP contribution in [0.15, 0.2) is 36.2 Å². The molecule has 1 aromatic carbocycles. The van der Waals surface area contributed by atoms with Crippen molar-refractivity contribution in [3.8, 4) is 5.75 Å². The number of aromatic hydroxyl groups is 1. The number of nitrogens with two attached hydrogens (primary N) is 2. The SMILES string of the molecule is NC=C(N)Cc1ccccc1O. The molecule has 64 valence electrons. The summed E-state index contributed by atoms with van der Waals surface area (Å²) in [6.45, 7) is 0. The molecule has 0 unspecified atom stereocenters. The van der Waals surface area contributed by atoms with Gasteiger partial charge in [0.15, 0.2) is 0 Å². The second-order valence-electron chi connectivity index (χ2n) is 2.55. The van der Waals surface area contributed by atoms with Crippen molar-refractivity contribution in [1.29, 1.82) is 0 Å². The quantitative estimate of drug-likeness (QED) is 0.602. The summed E-state index contributed by atoms with van der Waals surface area (Å²) < 4.78 is 0. The molecule has 1 rings (SSSR count). The summed E-state index contributed by atoms with van der Waals surface area (Å²) in [4.78, 5) is 0. The van der Waals surface area contributed by atoms with Crippen LogP contribution in [0.4, 0.5) is 0 Å². The molecule has 1 aromatic rings. The zero-order chi connectivity index (χ0) is 8.97. The zero-order valence-corrected chi connectivity index (χ0v) is 6.70. The molecular formula is C9H12N2O. The average Bonchev–Trinajstić information content (AvgIpc) is 2.09. The highest BCUT2D eigenvalue weighted by molar-refractivity contribution is 5.34. The van der Waals surface area contributed by atoms with Gasteiger partial charge in [0, 0.05) is 18.3 Å². The number of hydrogen-bond acceptors (Lipinski definition) is 3. The fraction of sp³-hybridized carbons (Fsp3) is 0.111. The molecule has 0 spiro atoms. The second-order valence-corrected chi connectivity index (χ2v) is 2.55. The van der Waals surface area contributed by atoms with E-state index in [1.54, 1.807) is 12.1 Å². The van der Waals surface area contributed by atoms with Crippen molar-refractivity contribution in [2.45, 2.75) is 6.42 Å². The maximum Gasteiger partial charge on any atom is 0.119 e. The fourth-order valence-corrected chi connectivity index (χ4v) is 0.939. The number of para-hydroxylation sites is 1. The number of benzene rings is 1. The number of rotatable bonds is 2. The summed E-state index contributed by atoms with van der Waals surface area (Å²) in [6.07, 6.45) is 1.83. The van der Waals surface area contributed by atoms with Crippen molar-refractivity contribution >= 4 is 0 Å². The van der Waals surface area contributed by atoms with Crippen LogP contribution in [-0.4, -0.2) is 5.11 Å². The monoisotopic (exact) mass is 164 g/mol. The molecule has 0 bridgehead atoms. The van der Waals surface area contributed by atoms with Crippen LogP contribution in [-0.2, 0) is 6.42 Å². The molecule has 0 aliphatic carbocycles. The number of allylic oxidation sites excluding steroid dienone is 1. The van der Waals surface area contributed by atoms with Crippen molar-refractivity contribution in [3.05, 3.63) is 41.7 Å². The Morgan fingerprint density at radius 1 is 1.42 bits per heavy atom. The summed E-state index contributed by atoms with van der Waals surface area (Å²) in [5, 5.41) is 9.33. The van der Waals surface area contributed by atoms with Crippen LogP contribution >= 0.6 is 0 Å². The Morgan fingerprint density at radius 3 is 2.67 bits per heavy atom. The second kappa shape index (κ2) is 3.67. The van der Waals surface area contributed by atoms with Gasteiger partial charge in [-0.25, -0.2) is 0 Å². The van der Waals surface area contributed by atoms with Crippen LogP contribution in [0.25, 0.3) is 0 Å². The summed E-state index contributed by atoms with van der Waals surface area (Å²) in [6, 6.07) is 7.05. The van der Waals surface area contributed by atoms with Crippen molar-refractivity contribution in [1.82, 2.24) is 0 Å². The van der Waals surface area contributed by atoms with Gasteiger partial charge in [-0.2, -0.15) is 0 Å². The highest BCUT2D eigenvalue weighted by Gasteiger charge is 1.99. The van der Waals surface area contributed by atoms with E-state index >= 15 is 0 Å². The molecule has 0 saturated heterocycles. The van der Waals surface area contributed by atoms with Gasteiger partial charge in [0.25, 0.3) is 0 Å². The topological polar surface area (TPSA) is 72.3 Å². The summed E-state index contributed by atoms with van der Waals surface area (Å²) in [7, 11) is 0. The Bertz CT molecular complexity index is 294. The lowest BCUT2D eigenvalue weighted by atomic mass is 10.1. The molecule has 0 atom stereocenters. The average molecular weight is 164 g/mol. The lowest BCUT2D eigenvalue weighted by molar-refractivity contribution is 0.469. The van der Waals surface area contributed by atoms with Gasteiger partial charge < -0.3 is 16.6 Å². The van der Waals surface area contributed by atoms with Crippen LogP contribution in [0.5, 0.6) is 5.75 Å². The Morgan fingerprint density at radius 2 is 2.08 bits per heavy atom. The van der Waals surface area contributed by atoms with Crippen LogP contribution in [0, 0.1) is 0 Å². The molecule has 0 heterocycles. The van der Waals surface area contributed by atoms with Gasteiger partial charge in [-0.15, -0.1) is 0 Å². The van der Waals surface area contributed by atoms with E-state index in [-0.39, 0.29) is 5.75 Å². The largest absolute Gasteiger partial charge is 0.508 e. The van der Waals surface area contributed by atoms with Crippen LogP contribution < -0.4 is 11.5 Å². The number of phenols is 1. The van der Waals surface area contributed by atoms with Crippen molar-refractivity contribution in [3.63, 3.8) is 0 Å². The molecule has 0 saturated carbocycles. The molecule has 0 radical (unpaired) electrons. The van der Waals surface area contributed by atoms with Gasteiger partial charge in [-0.05, 0) is 11.6 Å². The van der Waals surface area contributed by atoms with Crippen molar-refractivity contribution < 1.29 is 5.11 Å². The third-order valence-electron chi connectivity index (χ3n) is 1.60. The van der Waals surface area contributed by atoms with Crippen LogP contribution in [0.1, 0.15) is 5.56 Å². The predicted molar refractivity (Wildman–Crippen MR) is 48.3 cm³/mol. The molecule has 3 nitrogen and oxygen atoms in total. The van der Waals surface area contributed by atoms with Gasteiger partial charge in [-0.1, -0.05) is 18.2 Å². The Hall–Kier alpha value is -1.64. The first-order valence-corrected chi connectivity index (χ1v) is 3.67. The van der Waals surface area contributed by atoms with Gasteiger partial charge in [0.05, 0.1) is 0 Å². The van der Waals surface area contributed by atoms with Crippen LogP contribution in [0.3, 0.4) is 0 Å². The summed E-state index contributed by atoms with van der Waals surface area (Å²) in [5.41, 5.74) is 12.0. The first-order chi connectivity index (χ1) is 5.74.